The molecule has 2 aliphatic heterocycles. The number of carbonyl (C=O) groups excluding carboxylic acids is 2. The van der Waals surface area contributed by atoms with Crippen LogP contribution in [0.5, 0.6) is 0 Å². The van der Waals surface area contributed by atoms with Crippen molar-refractivity contribution in [2.45, 2.75) is 18.9 Å². The molecule has 4 heterocycles. The van der Waals surface area contributed by atoms with Crippen LogP contribution in [0, 0.1) is 5.92 Å². The highest BCUT2D eigenvalue weighted by Gasteiger charge is 2.37. The number of hydrogen-bond acceptors (Lipinski definition) is 4. The van der Waals surface area contributed by atoms with Crippen LogP contribution in [0.25, 0.3) is 6.08 Å². The summed E-state index contributed by atoms with van der Waals surface area (Å²) in [7, 11) is 0. The zero-order valence-electron chi connectivity index (χ0n) is 18.7. The van der Waals surface area contributed by atoms with Gasteiger partial charge in [0.25, 0.3) is 17.4 Å². The summed E-state index contributed by atoms with van der Waals surface area (Å²) in [5.74, 6) is -0.390. The molecule has 2 aliphatic rings. The first-order valence-corrected chi connectivity index (χ1v) is 12.8. The second kappa shape index (κ2) is 9.91. The molecule has 0 radical (unpaired) electrons. The number of piperidine rings is 1. The Morgan fingerprint density at radius 2 is 1.80 bits per heavy atom. The van der Waals surface area contributed by atoms with Crippen LogP contribution in [-0.4, -0.2) is 39.4 Å². The summed E-state index contributed by atoms with van der Waals surface area (Å²) in [5, 5.41) is 2.82. The van der Waals surface area contributed by atoms with E-state index in [-0.39, 0.29) is 29.0 Å². The fourth-order valence-electron chi connectivity index (χ4n) is 4.84. The number of amides is 2. The van der Waals surface area contributed by atoms with Crippen molar-refractivity contribution in [3.8, 4) is 0 Å². The summed E-state index contributed by atoms with van der Waals surface area (Å²) in [5.41, 5.74) is 2.30. The summed E-state index contributed by atoms with van der Waals surface area (Å²) in [6, 6.07) is 14.5. The Balaban J connectivity index is 1.44. The number of pyridine rings is 2. The Kier molecular flexibility index (Phi) is 6.71. The maximum absolute atomic E-state index is 13.8. The van der Waals surface area contributed by atoms with E-state index in [1.54, 1.807) is 35.4 Å². The molecule has 1 saturated heterocycles. The number of nitrogens with zero attached hydrogens (tertiary/aromatic N) is 3. The van der Waals surface area contributed by atoms with E-state index in [9.17, 15) is 14.4 Å². The van der Waals surface area contributed by atoms with Crippen molar-refractivity contribution in [1.82, 2.24) is 19.8 Å². The van der Waals surface area contributed by atoms with E-state index in [0.29, 0.717) is 29.7 Å². The molecule has 35 heavy (non-hydrogen) atoms. The molecule has 9 heteroatoms. The third-order valence-corrected chi connectivity index (χ3v) is 7.36. The second-order valence-corrected chi connectivity index (χ2v) is 10.7. The minimum absolute atomic E-state index is 0.00249. The number of carbonyl (C=O) groups is 2. The van der Waals surface area contributed by atoms with E-state index in [2.05, 4.69) is 42.2 Å². The van der Waals surface area contributed by atoms with E-state index >= 15 is 0 Å². The molecule has 2 bridgehead atoms. The lowest BCUT2D eigenvalue weighted by Gasteiger charge is -2.43. The first-order valence-electron chi connectivity index (χ1n) is 11.3. The van der Waals surface area contributed by atoms with Gasteiger partial charge in [0.1, 0.15) is 5.70 Å². The first kappa shape index (κ1) is 23.7. The van der Waals surface area contributed by atoms with Crippen LogP contribution in [0.4, 0.5) is 0 Å². The summed E-state index contributed by atoms with van der Waals surface area (Å²) < 4.78 is 3.43. The predicted octanol–water partition coefficient (Wildman–Crippen LogP) is 4.19. The number of rotatable bonds is 4. The molecule has 3 aromatic rings. The highest BCUT2D eigenvalue weighted by atomic mass is 79.9. The van der Waals surface area contributed by atoms with Gasteiger partial charge in [-0.05, 0) is 64.2 Å². The van der Waals surface area contributed by atoms with Crippen LogP contribution in [-0.2, 0) is 11.3 Å². The van der Waals surface area contributed by atoms with E-state index < -0.39 is 5.91 Å². The lowest BCUT2D eigenvalue weighted by Crippen LogP contribution is -2.50. The Hall–Kier alpha value is -3.04. The molecule has 2 aromatic heterocycles. The van der Waals surface area contributed by atoms with Gasteiger partial charge in [-0.25, -0.2) is 0 Å². The number of aromatic nitrogens is 2. The molecule has 1 N–H and O–H groups in total. The minimum Gasteiger partial charge on any atom is -0.336 e. The second-order valence-electron chi connectivity index (χ2n) is 8.86. The average Bonchev–Trinajstić information content (AvgIpc) is 2.85. The summed E-state index contributed by atoms with van der Waals surface area (Å²) in [4.78, 5) is 44.9. The van der Waals surface area contributed by atoms with Crippen LogP contribution in [0.3, 0.4) is 0 Å². The Labute approximate surface area is 219 Å². The van der Waals surface area contributed by atoms with Gasteiger partial charge in [-0.15, -0.1) is 0 Å². The molecule has 0 spiro atoms. The van der Waals surface area contributed by atoms with E-state index in [1.807, 2.05) is 34.9 Å². The molecular formula is C26H22Br2N4O3. The van der Waals surface area contributed by atoms with Crippen molar-refractivity contribution in [2.24, 2.45) is 5.92 Å². The van der Waals surface area contributed by atoms with Gasteiger partial charge in [-0.2, -0.15) is 0 Å². The zero-order valence-corrected chi connectivity index (χ0v) is 21.8. The van der Waals surface area contributed by atoms with Gasteiger partial charge in [0.2, 0.25) is 0 Å². The first-order chi connectivity index (χ1) is 16.9. The molecule has 2 unspecified atom stereocenters. The number of halogens is 2. The van der Waals surface area contributed by atoms with Crippen LogP contribution < -0.4 is 10.9 Å². The highest BCUT2D eigenvalue weighted by molar-refractivity contribution is 9.10. The summed E-state index contributed by atoms with van der Waals surface area (Å²) in [6.07, 6.45) is 5.69. The van der Waals surface area contributed by atoms with Gasteiger partial charge in [-0.1, -0.05) is 34.1 Å². The monoisotopic (exact) mass is 596 g/mol. The largest absolute Gasteiger partial charge is 0.336 e. The number of likely N-dealkylation sites (tertiary alicyclic amines) is 1. The van der Waals surface area contributed by atoms with Crippen molar-refractivity contribution >= 4 is 49.8 Å². The smallest absolute Gasteiger partial charge is 0.270 e. The predicted molar refractivity (Wildman–Crippen MR) is 140 cm³/mol. The maximum Gasteiger partial charge on any atom is 0.270 e. The highest BCUT2D eigenvalue weighted by Crippen LogP contribution is 2.35. The molecule has 0 saturated carbocycles. The molecule has 2 amide bonds. The Morgan fingerprint density at radius 1 is 1.00 bits per heavy atom. The van der Waals surface area contributed by atoms with Gasteiger partial charge in [0.15, 0.2) is 0 Å². The van der Waals surface area contributed by atoms with Crippen molar-refractivity contribution < 1.29 is 9.59 Å². The molecule has 178 valence electrons. The molecule has 5 rings (SSSR count). The number of fused-ring (bicyclic) bond motifs is 4. The summed E-state index contributed by atoms with van der Waals surface area (Å²) in [6.45, 7) is 1.62. The van der Waals surface area contributed by atoms with Crippen molar-refractivity contribution in [3.63, 3.8) is 0 Å². The number of hydrogen-bond donors (Lipinski definition) is 1. The molecule has 7 nitrogen and oxygen atoms in total. The fourth-order valence-corrected chi connectivity index (χ4v) is 5.47. The molecule has 2 atom stereocenters. The van der Waals surface area contributed by atoms with Crippen molar-refractivity contribution in [3.05, 3.63) is 103 Å². The molecular weight excluding hydrogens is 576 g/mol. The average molecular weight is 598 g/mol. The van der Waals surface area contributed by atoms with Gasteiger partial charge in [0.05, 0.1) is 5.56 Å². The van der Waals surface area contributed by atoms with Gasteiger partial charge in [0, 0.05) is 58.7 Å². The van der Waals surface area contributed by atoms with Crippen LogP contribution >= 0.6 is 31.9 Å². The molecule has 1 aromatic carbocycles. The third-order valence-electron chi connectivity index (χ3n) is 6.39. The Bertz CT molecular complexity index is 1380. The minimum atomic E-state index is -0.412. The SMILES string of the molecule is O=C(N/C(=C\c1ccc(Br)cc1)C(=O)N1CC2CC(C1)c1cccc(=O)n1C2)c1cncc(Br)c1. The molecule has 0 aliphatic carbocycles. The van der Waals surface area contributed by atoms with E-state index in [0.717, 1.165) is 22.2 Å². The zero-order chi connectivity index (χ0) is 24.5. The third kappa shape index (κ3) is 5.16. The van der Waals surface area contributed by atoms with Crippen LogP contribution in [0.2, 0.25) is 0 Å². The fraction of sp³-hybridized carbons (Fsp3) is 0.231. The van der Waals surface area contributed by atoms with Gasteiger partial charge in [-0.3, -0.25) is 19.4 Å². The standard InChI is InChI=1S/C26H22Br2N4O3/c27-20-6-4-16(5-7-20)9-22(30-25(34)18-10-21(28)12-29-11-18)26(35)31-13-17-8-19(15-31)23-2-1-3-24(33)32(23)14-17/h1-7,9-12,17,19H,8,13-15H2,(H,30,34)/b22-9-. The summed E-state index contributed by atoms with van der Waals surface area (Å²) >= 11 is 6.76. The lowest BCUT2D eigenvalue weighted by molar-refractivity contribution is -0.130. The quantitative estimate of drug-likeness (QED) is 0.457. The van der Waals surface area contributed by atoms with Crippen molar-refractivity contribution in [2.75, 3.05) is 13.1 Å². The van der Waals surface area contributed by atoms with E-state index in [1.165, 1.54) is 6.20 Å². The van der Waals surface area contributed by atoms with Crippen LogP contribution in [0.15, 0.2) is 80.4 Å². The van der Waals surface area contributed by atoms with Gasteiger partial charge >= 0.3 is 0 Å². The van der Waals surface area contributed by atoms with Crippen LogP contribution in [0.1, 0.15) is 34.0 Å². The van der Waals surface area contributed by atoms with Crippen molar-refractivity contribution in [1.29, 1.82) is 0 Å². The maximum atomic E-state index is 13.8. The normalized spacial score (nSPS) is 19.1. The number of benzene rings is 1. The van der Waals surface area contributed by atoms with E-state index in [4.69, 9.17) is 0 Å². The van der Waals surface area contributed by atoms with Gasteiger partial charge < -0.3 is 14.8 Å². The number of nitrogens with one attached hydrogen (secondary N) is 1. The Morgan fingerprint density at radius 3 is 2.57 bits per heavy atom. The topological polar surface area (TPSA) is 84.3 Å². The lowest BCUT2D eigenvalue weighted by atomic mass is 9.83. The molecule has 1 fully saturated rings.